The van der Waals surface area contributed by atoms with Gasteiger partial charge in [-0.1, -0.05) is 30.3 Å². The zero-order chi connectivity index (χ0) is 15.8. The number of aromatic nitrogens is 2. The van der Waals surface area contributed by atoms with Crippen LogP contribution in [0.3, 0.4) is 0 Å². The van der Waals surface area contributed by atoms with Gasteiger partial charge in [0.2, 0.25) is 0 Å². The van der Waals surface area contributed by atoms with Crippen molar-refractivity contribution in [1.29, 1.82) is 0 Å². The van der Waals surface area contributed by atoms with Crippen molar-refractivity contribution < 1.29 is 4.74 Å². The Bertz CT molecular complexity index is 808. The topological polar surface area (TPSA) is 38.2 Å². The molecule has 4 nitrogen and oxygen atoms in total. The highest BCUT2D eigenvalue weighted by molar-refractivity contribution is 7.17. The average Bonchev–Trinajstić information content (AvgIpc) is 2.99. The molecule has 0 bridgehead atoms. The highest BCUT2D eigenvalue weighted by Gasteiger charge is 2.26. The van der Waals surface area contributed by atoms with Crippen LogP contribution in [0.25, 0.3) is 21.3 Å². The molecule has 1 fully saturated rings. The van der Waals surface area contributed by atoms with Crippen LogP contribution in [0.2, 0.25) is 0 Å². The molecule has 1 aliphatic heterocycles. The highest BCUT2D eigenvalue weighted by atomic mass is 32.1. The van der Waals surface area contributed by atoms with Crippen LogP contribution in [-0.2, 0) is 4.74 Å². The number of fused-ring (bicyclic) bond motifs is 1. The number of thiophene rings is 1. The summed E-state index contributed by atoms with van der Waals surface area (Å²) in [5.74, 6) is 1.03. The Morgan fingerprint density at radius 3 is 2.57 bits per heavy atom. The largest absolute Gasteiger partial charge is 0.372 e. The molecule has 0 saturated carbocycles. The van der Waals surface area contributed by atoms with Gasteiger partial charge in [-0.25, -0.2) is 9.97 Å². The fourth-order valence-electron chi connectivity index (χ4n) is 3.28. The lowest BCUT2D eigenvalue weighted by Crippen LogP contribution is -2.45. The minimum absolute atomic E-state index is 0.211. The first kappa shape index (κ1) is 14.6. The van der Waals surface area contributed by atoms with Crippen molar-refractivity contribution in [3.05, 3.63) is 42.0 Å². The first-order valence-electron chi connectivity index (χ1n) is 7.90. The first-order valence-corrected chi connectivity index (χ1v) is 8.78. The van der Waals surface area contributed by atoms with E-state index >= 15 is 0 Å². The maximum Gasteiger partial charge on any atom is 0.141 e. The number of rotatable bonds is 2. The molecule has 2 atom stereocenters. The molecule has 1 saturated heterocycles. The van der Waals surface area contributed by atoms with Gasteiger partial charge in [0.1, 0.15) is 17.0 Å². The van der Waals surface area contributed by atoms with Gasteiger partial charge in [0, 0.05) is 24.0 Å². The second-order valence-electron chi connectivity index (χ2n) is 6.06. The number of benzene rings is 1. The summed E-state index contributed by atoms with van der Waals surface area (Å²) in [7, 11) is 0. The molecule has 0 N–H and O–H groups in total. The van der Waals surface area contributed by atoms with E-state index in [2.05, 4.69) is 58.4 Å². The van der Waals surface area contributed by atoms with Crippen LogP contribution in [0, 0.1) is 0 Å². The summed E-state index contributed by atoms with van der Waals surface area (Å²) < 4.78 is 5.86. The molecular formula is C18H19N3OS. The molecule has 0 aliphatic carbocycles. The third-order valence-electron chi connectivity index (χ3n) is 4.15. The monoisotopic (exact) mass is 325 g/mol. The van der Waals surface area contributed by atoms with Gasteiger partial charge in [0.25, 0.3) is 0 Å². The zero-order valence-corrected chi connectivity index (χ0v) is 14.1. The Morgan fingerprint density at radius 2 is 1.83 bits per heavy atom. The predicted molar refractivity (Wildman–Crippen MR) is 95.1 cm³/mol. The van der Waals surface area contributed by atoms with E-state index in [0.29, 0.717) is 0 Å². The van der Waals surface area contributed by atoms with Crippen molar-refractivity contribution in [1.82, 2.24) is 9.97 Å². The van der Waals surface area contributed by atoms with E-state index < -0.39 is 0 Å². The van der Waals surface area contributed by atoms with Gasteiger partial charge in [0.05, 0.1) is 17.6 Å². The standard InChI is InChI=1S/C18H19N3OS/c1-12-8-21(9-13(2)22-12)17-16-15(14-6-4-3-5-7-14)10-23-18(16)20-11-19-17/h3-7,10-13H,8-9H2,1-2H3. The van der Waals surface area contributed by atoms with Gasteiger partial charge < -0.3 is 9.64 Å². The summed E-state index contributed by atoms with van der Waals surface area (Å²) in [5, 5.41) is 3.34. The fraction of sp³-hybridized carbons (Fsp3) is 0.333. The number of ether oxygens (including phenoxy) is 1. The molecule has 5 heteroatoms. The summed E-state index contributed by atoms with van der Waals surface area (Å²) in [6.07, 6.45) is 2.10. The molecular weight excluding hydrogens is 306 g/mol. The smallest absolute Gasteiger partial charge is 0.141 e. The van der Waals surface area contributed by atoms with Gasteiger partial charge in [-0.05, 0) is 19.4 Å². The summed E-state index contributed by atoms with van der Waals surface area (Å²) in [5.41, 5.74) is 2.43. The second kappa shape index (κ2) is 5.91. The molecule has 0 radical (unpaired) electrons. The number of morpholine rings is 1. The Kier molecular flexibility index (Phi) is 3.75. The van der Waals surface area contributed by atoms with Crippen molar-refractivity contribution in [2.24, 2.45) is 0 Å². The van der Waals surface area contributed by atoms with E-state index in [1.54, 1.807) is 17.7 Å². The van der Waals surface area contributed by atoms with Crippen molar-refractivity contribution in [2.75, 3.05) is 18.0 Å². The minimum atomic E-state index is 0.211. The van der Waals surface area contributed by atoms with Crippen LogP contribution in [0.4, 0.5) is 5.82 Å². The maximum atomic E-state index is 5.86. The van der Waals surface area contributed by atoms with Crippen LogP contribution >= 0.6 is 11.3 Å². The summed E-state index contributed by atoms with van der Waals surface area (Å²) in [6.45, 7) is 5.96. The quantitative estimate of drug-likeness (QED) is 0.714. The molecule has 2 unspecified atom stereocenters. The summed E-state index contributed by atoms with van der Waals surface area (Å²) in [6, 6.07) is 10.5. The molecule has 23 heavy (non-hydrogen) atoms. The number of anilines is 1. The Morgan fingerprint density at radius 1 is 1.09 bits per heavy atom. The van der Waals surface area contributed by atoms with E-state index in [9.17, 15) is 0 Å². The van der Waals surface area contributed by atoms with Crippen LogP contribution in [0.1, 0.15) is 13.8 Å². The number of hydrogen-bond acceptors (Lipinski definition) is 5. The number of hydrogen-bond donors (Lipinski definition) is 0. The molecule has 2 aromatic heterocycles. The lowest BCUT2D eigenvalue weighted by Gasteiger charge is -2.36. The lowest BCUT2D eigenvalue weighted by atomic mass is 10.1. The summed E-state index contributed by atoms with van der Waals surface area (Å²) >= 11 is 1.68. The van der Waals surface area contributed by atoms with E-state index in [-0.39, 0.29) is 12.2 Å². The second-order valence-corrected chi connectivity index (χ2v) is 6.91. The first-order chi connectivity index (χ1) is 11.2. The Balaban J connectivity index is 1.85. The van der Waals surface area contributed by atoms with Crippen LogP contribution in [0.15, 0.2) is 42.0 Å². The van der Waals surface area contributed by atoms with Crippen molar-refractivity contribution >= 4 is 27.4 Å². The number of nitrogens with zero attached hydrogens (tertiary/aromatic N) is 3. The molecule has 1 aliphatic rings. The molecule has 0 spiro atoms. The Labute approximate surface area is 139 Å². The molecule has 118 valence electrons. The minimum Gasteiger partial charge on any atom is -0.372 e. The highest BCUT2D eigenvalue weighted by Crippen LogP contribution is 2.38. The lowest BCUT2D eigenvalue weighted by molar-refractivity contribution is -0.00537. The zero-order valence-electron chi connectivity index (χ0n) is 13.3. The van der Waals surface area contributed by atoms with Gasteiger partial charge >= 0.3 is 0 Å². The maximum absolute atomic E-state index is 5.86. The van der Waals surface area contributed by atoms with E-state index in [1.807, 2.05) is 6.07 Å². The summed E-state index contributed by atoms with van der Waals surface area (Å²) in [4.78, 5) is 12.5. The molecule has 1 aromatic carbocycles. The van der Waals surface area contributed by atoms with Gasteiger partial charge in [-0.2, -0.15) is 0 Å². The van der Waals surface area contributed by atoms with Gasteiger partial charge in [-0.3, -0.25) is 0 Å². The average molecular weight is 325 g/mol. The van der Waals surface area contributed by atoms with Crippen molar-refractivity contribution in [3.63, 3.8) is 0 Å². The molecule has 0 amide bonds. The van der Waals surface area contributed by atoms with Crippen LogP contribution in [-0.4, -0.2) is 35.3 Å². The SMILES string of the molecule is CC1CN(c2ncnc3scc(-c4ccccc4)c23)CC(C)O1. The van der Waals surface area contributed by atoms with Crippen LogP contribution in [0.5, 0.6) is 0 Å². The normalized spacial score (nSPS) is 21.7. The van der Waals surface area contributed by atoms with Crippen molar-refractivity contribution in [2.45, 2.75) is 26.1 Å². The van der Waals surface area contributed by atoms with Crippen molar-refractivity contribution in [3.8, 4) is 11.1 Å². The molecule has 4 rings (SSSR count). The third-order valence-corrected chi connectivity index (χ3v) is 5.04. The molecule has 3 heterocycles. The van der Waals surface area contributed by atoms with Gasteiger partial charge in [0.15, 0.2) is 0 Å². The fourth-order valence-corrected chi connectivity index (χ4v) is 4.19. The van der Waals surface area contributed by atoms with Crippen LogP contribution < -0.4 is 4.90 Å². The predicted octanol–water partition coefficient (Wildman–Crippen LogP) is 3.97. The Hall–Kier alpha value is -1.98. The van der Waals surface area contributed by atoms with E-state index in [4.69, 9.17) is 4.74 Å². The molecule has 3 aromatic rings. The van der Waals surface area contributed by atoms with Gasteiger partial charge in [-0.15, -0.1) is 11.3 Å². The third kappa shape index (κ3) is 2.71. The van der Waals surface area contributed by atoms with E-state index in [0.717, 1.165) is 29.1 Å². The van der Waals surface area contributed by atoms with E-state index in [1.165, 1.54) is 11.1 Å².